The number of fused-ring (bicyclic) bond motifs is 1. The molecule has 1 aromatic carbocycles. The van der Waals surface area contributed by atoms with E-state index in [1.165, 1.54) is 23.3 Å². The number of carbonyl (C=O) groups is 1. The molecule has 0 fully saturated rings. The fourth-order valence-corrected chi connectivity index (χ4v) is 3.57. The van der Waals surface area contributed by atoms with Crippen LogP contribution in [0.2, 0.25) is 0 Å². The van der Waals surface area contributed by atoms with E-state index in [4.69, 9.17) is 5.26 Å². The molecule has 156 valence electrons. The molecule has 1 aliphatic rings. The summed E-state index contributed by atoms with van der Waals surface area (Å²) in [5, 5.41) is 14.4. The molecule has 31 heavy (non-hydrogen) atoms. The van der Waals surface area contributed by atoms with E-state index in [-0.39, 0.29) is 5.91 Å². The van der Waals surface area contributed by atoms with Crippen molar-refractivity contribution < 1.29 is 13.6 Å². The third-order valence-corrected chi connectivity index (χ3v) is 5.09. The maximum atomic E-state index is 13.6. The van der Waals surface area contributed by atoms with E-state index in [2.05, 4.69) is 27.7 Å². The van der Waals surface area contributed by atoms with Crippen LogP contribution < -0.4 is 0 Å². The van der Waals surface area contributed by atoms with Crippen molar-refractivity contribution in [3.63, 3.8) is 0 Å². The van der Waals surface area contributed by atoms with Crippen molar-refractivity contribution in [2.45, 2.75) is 31.8 Å². The highest BCUT2D eigenvalue weighted by molar-refractivity contribution is 5.94. The number of benzene rings is 1. The Labute approximate surface area is 176 Å². The Bertz CT molecular complexity index is 1220. The smallest absolute Gasteiger partial charge is 0.269 e. The van der Waals surface area contributed by atoms with E-state index in [9.17, 15) is 13.6 Å². The summed E-state index contributed by atoms with van der Waals surface area (Å²) in [7, 11) is 0. The summed E-state index contributed by atoms with van der Waals surface area (Å²) < 4.78 is 29.1. The molecular weight excluding hydrogens is 402 g/mol. The Morgan fingerprint density at radius 2 is 2.00 bits per heavy atom. The van der Waals surface area contributed by atoms with Crippen LogP contribution in [0.25, 0.3) is 11.2 Å². The molecule has 0 saturated heterocycles. The standard InChI is InChI=1S/C22H18F2N6O/c1-14(3-2-6-29-13-27-21-20(29)7-15(11-25)12-26-21)22(31)30-19(4-5-28-30)16-8-17(23)10-18(24)9-16/h5,7-10,12-13,19H,1-4,6H2. The molecule has 4 rings (SSSR count). The average molecular weight is 420 g/mol. The van der Waals surface area contributed by atoms with Crippen molar-refractivity contribution in [3.8, 4) is 6.07 Å². The Morgan fingerprint density at radius 1 is 1.23 bits per heavy atom. The monoisotopic (exact) mass is 420 g/mol. The second-order valence-corrected chi connectivity index (χ2v) is 7.23. The van der Waals surface area contributed by atoms with Crippen LogP contribution in [0.5, 0.6) is 0 Å². The van der Waals surface area contributed by atoms with Crippen LogP contribution >= 0.6 is 0 Å². The number of halogens is 2. The van der Waals surface area contributed by atoms with Gasteiger partial charge in [-0.3, -0.25) is 4.79 Å². The molecule has 0 saturated carbocycles. The van der Waals surface area contributed by atoms with Gasteiger partial charge in [0.2, 0.25) is 0 Å². The summed E-state index contributed by atoms with van der Waals surface area (Å²) in [4.78, 5) is 21.2. The van der Waals surface area contributed by atoms with Crippen molar-refractivity contribution in [2.24, 2.45) is 5.10 Å². The van der Waals surface area contributed by atoms with E-state index >= 15 is 0 Å². The largest absolute Gasteiger partial charge is 0.329 e. The normalized spacial score (nSPS) is 15.4. The van der Waals surface area contributed by atoms with E-state index in [1.54, 1.807) is 18.6 Å². The van der Waals surface area contributed by atoms with Gasteiger partial charge in [-0.25, -0.2) is 23.8 Å². The summed E-state index contributed by atoms with van der Waals surface area (Å²) >= 11 is 0. The fourth-order valence-electron chi connectivity index (χ4n) is 3.57. The van der Waals surface area contributed by atoms with Gasteiger partial charge in [-0.1, -0.05) is 6.58 Å². The molecule has 1 unspecified atom stereocenters. The predicted octanol–water partition coefficient (Wildman–Crippen LogP) is 3.88. The minimum absolute atomic E-state index is 0.348. The van der Waals surface area contributed by atoms with Crippen molar-refractivity contribution in [1.29, 1.82) is 5.26 Å². The molecule has 1 amide bonds. The molecule has 2 aromatic heterocycles. The number of pyridine rings is 1. The Balaban J connectivity index is 1.40. The van der Waals surface area contributed by atoms with Crippen LogP contribution in [-0.2, 0) is 11.3 Å². The van der Waals surface area contributed by atoms with Crippen molar-refractivity contribution in [1.82, 2.24) is 19.5 Å². The predicted molar refractivity (Wildman–Crippen MR) is 110 cm³/mol. The Kier molecular flexibility index (Phi) is 5.54. The lowest BCUT2D eigenvalue weighted by molar-refractivity contribution is -0.129. The van der Waals surface area contributed by atoms with Crippen LogP contribution in [0.4, 0.5) is 8.78 Å². The van der Waals surface area contributed by atoms with Gasteiger partial charge in [0.1, 0.15) is 17.7 Å². The first-order chi connectivity index (χ1) is 15.0. The lowest BCUT2D eigenvalue weighted by atomic mass is 10.0. The van der Waals surface area contributed by atoms with Gasteiger partial charge in [0, 0.05) is 37.0 Å². The summed E-state index contributed by atoms with van der Waals surface area (Å²) in [5.74, 6) is -1.78. The molecule has 7 nitrogen and oxygen atoms in total. The number of nitriles is 1. The number of imidazole rings is 1. The van der Waals surface area contributed by atoms with Crippen LogP contribution in [0.15, 0.2) is 54.0 Å². The van der Waals surface area contributed by atoms with Gasteiger partial charge in [0.15, 0.2) is 5.65 Å². The third kappa shape index (κ3) is 4.19. The quantitative estimate of drug-likeness (QED) is 0.567. The minimum Gasteiger partial charge on any atom is -0.329 e. The zero-order valence-electron chi connectivity index (χ0n) is 16.5. The highest BCUT2D eigenvalue weighted by Gasteiger charge is 2.30. The topological polar surface area (TPSA) is 87.2 Å². The second kappa shape index (κ2) is 8.44. The first kappa shape index (κ1) is 20.3. The molecule has 0 bridgehead atoms. The Morgan fingerprint density at radius 3 is 2.74 bits per heavy atom. The highest BCUT2D eigenvalue weighted by Crippen LogP contribution is 2.31. The average Bonchev–Trinajstić information content (AvgIpc) is 3.39. The molecule has 3 heterocycles. The van der Waals surface area contributed by atoms with Gasteiger partial charge in [0.05, 0.1) is 23.4 Å². The molecule has 3 aromatic rings. The van der Waals surface area contributed by atoms with Gasteiger partial charge >= 0.3 is 0 Å². The third-order valence-electron chi connectivity index (χ3n) is 5.09. The van der Waals surface area contributed by atoms with E-state index in [0.717, 1.165) is 11.6 Å². The zero-order valence-corrected chi connectivity index (χ0v) is 16.5. The summed E-state index contributed by atoms with van der Waals surface area (Å²) in [5.41, 5.74) is 2.43. The number of hydrogen-bond donors (Lipinski definition) is 0. The molecule has 1 atom stereocenters. The molecular formula is C22H18F2N6O. The second-order valence-electron chi connectivity index (χ2n) is 7.23. The molecule has 0 N–H and O–H groups in total. The number of carbonyl (C=O) groups excluding carboxylic acids is 1. The SMILES string of the molecule is C=C(CCCn1cnc2ncc(C#N)cc21)C(=O)N1N=CCC1c1cc(F)cc(F)c1. The number of aromatic nitrogens is 3. The molecule has 0 aliphatic carbocycles. The van der Waals surface area contributed by atoms with Gasteiger partial charge < -0.3 is 4.57 Å². The fraction of sp³-hybridized carbons (Fsp3) is 0.227. The van der Waals surface area contributed by atoms with Crippen LogP contribution in [0, 0.1) is 23.0 Å². The van der Waals surface area contributed by atoms with E-state index < -0.39 is 17.7 Å². The Hall–Kier alpha value is -3.93. The summed E-state index contributed by atoms with van der Waals surface area (Å²) in [6, 6.07) is 6.41. The van der Waals surface area contributed by atoms with E-state index in [1.807, 2.05) is 4.57 Å². The molecule has 0 radical (unpaired) electrons. The lowest BCUT2D eigenvalue weighted by Crippen LogP contribution is -2.28. The molecule has 1 aliphatic heterocycles. The maximum absolute atomic E-state index is 13.6. The van der Waals surface area contributed by atoms with Crippen molar-refractivity contribution in [2.75, 3.05) is 0 Å². The van der Waals surface area contributed by atoms with Gasteiger partial charge in [-0.05, 0) is 36.6 Å². The number of rotatable bonds is 6. The van der Waals surface area contributed by atoms with Crippen molar-refractivity contribution in [3.05, 3.63) is 71.7 Å². The summed E-state index contributed by atoms with van der Waals surface area (Å²) in [6.07, 6.45) is 6.04. The van der Waals surface area contributed by atoms with Gasteiger partial charge in [0.25, 0.3) is 5.91 Å². The summed E-state index contributed by atoms with van der Waals surface area (Å²) in [6.45, 7) is 4.43. The number of aryl methyl sites for hydroxylation is 1. The molecule has 9 heteroatoms. The first-order valence-electron chi connectivity index (χ1n) is 9.67. The van der Waals surface area contributed by atoms with Gasteiger partial charge in [-0.15, -0.1) is 0 Å². The minimum atomic E-state index is -0.699. The van der Waals surface area contributed by atoms with E-state index in [0.29, 0.717) is 48.2 Å². The molecule has 0 spiro atoms. The number of amides is 1. The maximum Gasteiger partial charge on any atom is 0.269 e. The zero-order chi connectivity index (χ0) is 22.0. The highest BCUT2D eigenvalue weighted by atomic mass is 19.1. The van der Waals surface area contributed by atoms with Crippen LogP contribution in [-0.4, -0.2) is 31.7 Å². The first-order valence-corrected chi connectivity index (χ1v) is 9.67. The number of hydrazone groups is 1. The number of hydrogen-bond acceptors (Lipinski definition) is 5. The van der Waals surface area contributed by atoms with Crippen molar-refractivity contribution >= 4 is 23.3 Å². The number of nitrogens with zero attached hydrogens (tertiary/aromatic N) is 6. The van der Waals surface area contributed by atoms with Gasteiger partial charge in [-0.2, -0.15) is 10.4 Å². The van der Waals surface area contributed by atoms with Crippen LogP contribution in [0.3, 0.4) is 0 Å². The lowest BCUT2D eigenvalue weighted by Gasteiger charge is -2.23. The van der Waals surface area contributed by atoms with Crippen LogP contribution in [0.1, 0.15) is 36.4 Å².